The van der Waals surface area contributed by atoms with Crippen molar-refractivity contribution in [1.29, 1.82) is 5.26 Å². The number of methoxy groups -OCH3 is 1. The highest BCUT2D eigenvalue weighted by atomic mass is 16.5. The summed E-state index contributed by atoms with van der Waals surface area (Å²) in [6.45, 7) is 7.01. The van der Waals surface area contributed by atoms with E-state index < -0.39 is 11.8 Å². The van der Waals surface area contributed by atoms with Gasteiger partial charge in [0.1, 0.15) is 11.9 Å². The summed E-state index contributed by atoms with van der Waals surface area (Å²) in [5, 5.41) is 12.4. The number of aromatic nitrogens is 1. The van der Waals surface area contributed by atoms with Gasteiger partial charge in [-0.3, -0.25) is 9.59 Å². The van der Waals surface area contributed by atoms with Crippen LogP contribution in [0.4, 0.5) is 5.82 Å². The molecule has 1 aliphatic carbocycles. The van der Waals surface area contributed by atoms with Gasteiger partial charge < -0.3 is 19.9 Å². The summed E-state index contributed by atoms with van der Waals surface area (Å²) in [7, 11) is 1.54. The third-order valence-corrected chi connectivity index (χ3v) is 5.70. The Bertz CT molecular complexity index is 838. The van der Waals surface area contributed by atoms with Gasteiger partial charge in [-0.1, -0.05) is 13.8 Å². The SMILES string of the molecule is COCCNC(=O)C(=O)N1CCN(c2nc(CC(C)C)c3c(c2C#N)CCC3)CC1. The van der Waals surface area contributed by atoms with Crippen molar-refractivity contribution in [1.82, 2.24) is 15.2 Å². The van der Waals surface area contributed by atoms with Crippen LogP contribution in [-0.2, 0) is 33.6 Å². The molecule has 0 radical (unpaired) electrons. The predicted molar refractivity (Wildman–Crippen MR) is 113 cm³/mol. The number of nitrogens with one attached hydrogen (secondary N) is 1. The van der Waals surface area contributed by atoms with Gasteiger partial charge in [-0.05, 0) is 42.7 Å². The Morgan fingerprint density at radius 3 is 2.53 bits per heavy atom. The van der Waals surface area contributed by atoms with Crippen LogP contribution in [0.15, 0.2) is 0 Å². The van der Waals surface area contributed by atoms with Crippen molar-refractivity contribution in [3.8, 4) is 6.07 Å². The monoisotopic (exact) mass is 413 g/mol. The minimum Gasteiger partial charge on any atom is -0.383 e. The average molecular weight is 414 g/mol. The zero-order valence-electron chi connectivity index (χ0n) is 18.2. The van der Waals surface area contributed by atoms with Crippen LogP contribution in [0.25, 0.3) is 0 Å². The molecule has 0 bridgehead atoms. The minimum absolute atomic E-state index is 0.310. The summed E-state index contributed by atoms with van der Waals surface area (Å²) in [4.78, 5) is 33.0. The fourth-order valence-electron chi connectivity index (χ4n) is 4.23. The lowest BCUT2D eigenvalue weighted by atomic mass is 9.97. The largest absolute Gasteiger partial charge is 0.383 e. The number of hydrogen-bond acceptors (Lipinski definition) is 6. The lowest BCUT2D eigenvalue weighted by Gasteiger charge is -2.36. The molecule has 2 heterocycles. The molecule has 3 rings (SSSR count). The first-order valence-corrected chi connectivity index (χ1v) is 10.7. The molecule has 0 aromatic carbocycles. The normalized spacial score (nSPS) is 15.8. The van der Waals surface area contributed by atoms with E-state index in [0.717, 1.165) is 42.8 Å². The van der Waals surface area contributed by atoms with E-state index in [2.05, 4.69) is 30.1 Å². The number of anilines is 1. The molecule has 2 amide bonds. The minimum atomic E-state index is -0.604. The second kappa shape index (κ2) is 9.90. The van der Waals surface area contributed by atoms with E-state index in [-0.39, 0.29) is 0 Å². The Morgan fingerprint density at radius 1 is 1.20 bits per heavy atom. The number of nitriles is 1. The van der Waals surface area contributed by atoms with Crippen molar-refractivity contribution >= 4 is 17.6 Å². The van der Waals surface area contributed by atoms with Crippen molar-refractivity contribution in [3.05, 3.63) is 22.4 Å². The van der Waals surface area contributed by atoms with Crippen LogP contribution >= 0.6 is 0 Å². The van der Waals surface area contributed by atoms with Crippen LogP contribution in [0, 0.1) is 17.2 Å². The van der Waals surface area contributed by atoms with Crippen molar-refractivity contribution < 1.29 is 14.3 Å². The summed E-state index contributed by atoms with van der Waals surface area (Å²) in [6, 6.07) is 2.39. The van der Waals surface area contributed by atoms with Crippen LogP contribution in [-0.4, -0.2) is 68.1 Å². The molecule has 1 fully saturated rings. The van der Waals surface area contributed by atoms with Gasteiger partial charge in [0, 0.05) is 45.5 Å². The molecule has 1 aliphatic heterocycles. The van der Waals surface area contributed by atoms with Gasteiger partial charge in [0.15, 0.2) is 0 Å². The second-order valence-corrected chi connectivity index (χ2v) is 8.31. The van der Waals surface area contributed by atoms with Crippen molar-refractivity contribution in [2.45, 2.75) is 39.5 Å². The molecule has 162 valence electrons. The molecule has 0 unspecified atom stereocenters. The summed E-state index contributed by atoms with van der Waals surface area (Å²) in [5.74, 6) is 0.112. The number of fused-ring (bicyclic) bond motifs is 1. The van der Waals surface area contributed by atoms with Crippen molar-refractivity contribution in [3.63, 3.8) is 0 Å². The highest BCUT2D eigenvalue weighted by Gasteiger charge is 2.30. The fraction of sp³-hybridized carbons (Fsp3) is 0.636. The van der Waals surface area contributed by atoms with Crippen LogP contribution in [0.3, 0.4) is 0 Å². The first-order chi connectivity index (χ1) is 14.5. The number of nitrogens with zero attached hydrogens (tertiary/aromatic N) is 4. The van der Waals surface area contributed by atoms with Crippen LogP contribution < -0.4 is 10.2 Å². The summed E-state index contributed by atoms with van der Waals surface area (Å²) in [6.07, 6.45) is 3.90. The number of pyridine rings is 1. The van der Waals surface area contributed by atoms with E-state index in [1.165, 1.54) is 5.56 Å². The smallest absolute Gasteiger partial charge is 0.312 e. The Morgan fingerprint density at radius 2 is 1.90 bits per heavy atom. The van der Waals surface area contributed by atoms with E-state index in [4.69, 9.17) is 9.72 Å². The molecule has 0 saturated carbocycles. The molecule has 8 nitrogen and oxygen atoms in total. The number of carbonyl (C=O) groups is 2. The van der Waals surface area contributed by atoms with Gasteiger partial charge in [0.05, 0.1) is 12.2 Å². The Balaban J connectivity index is 1.73. The van der Waals surface area contributed by atoms with E-state index in [0.29, 0.717) is 50.8 Å². The molecule has 1 aromatic heterocycles. The number of hydrogen-bond donors (Lipinski definition) is 1. The number of piperazine rings is 1. The van der Waals surface area contributed by atoms with Gasteiger partial charge >= 0.3 is 11.8 Å². The van der Waals surface area contributed by atoms with Gasteiger partial charge in [0.25, 0.3) is 0 Å². The Hall–Kier alpha value is -2.66. The molecule has 30 heavy (non-hydrogen) atoms. The maximum Gasteiger partial charge on any atom is 0.312 e. The topological polar surface area (TPSA) is 98.6 Å². The van der Waals surface area contributed by atoms with Gasteiger partial charge in [-0.15, -0.1) is 0 Å². The van der Waals surface area contributed by atoms with E-state index >= 15 is 0 Å². The van der Waals surface area contributed by atoms with Crippen molar-refractivity contribution in [2.75, 3.05) is 51.3 Å². The fourth-order valence-corrected chi connectivity index (χ4v) is 4.23. The number of carbonyl (C=O) groups excluding carboxylic acids is 2. The van der Waals surface area contributed by atoms with E-state index in [1.807, 2.05) is 0 Å². The molecule has 1 saturated heterocycles. The summed E-state index contributed by atoms with van der Waals surface area (Å²) < 4.78 is 4.89. The van der Waals surface area contributed by atoms with Crippen LogP contribution in [0.2, 0.25) is 0 Å². The van der Waals surface area contributed by atoms with Gasteiger partial charge in [-0.2, -0.15) is 5.26 Å². The van der Waals surface area contributed by atoms with E-state index in [9.17, 15) is 14.9 Å². The number of ether oxygens (including phenoxy) is 1. The second-order valence-electron chi connectivity index (χ2n) is 8.31. The quantitative estimate of drug-likeness (QED) is 0.553. The molecule has 1 aromatic rings. The Labute approximate surface area is 178 Å². The zero-order valence-corrected chi connectivity index (χ0v) is 18.2. The summed E-state index contributed by atoms with van der Waals surface area (Å²) >= 11 is 0. The molecular formula is C22H31N5O3. The lowest BCUT2D eigenvalue weighted by molar-refractivity contribution is -0.146. The predicted octanol–water partition coefficient (Wildman–Crippen LogP) is 1.05. The highest BCUT2D eigenvalue weighted by Crippen LogP contribution is 2.34. The number of amides is 2. The molecule has 1 N–H and O–H groups in total. The van der Waals surface area contributed by atoms with Gasteiger partial charge in [-0.25, -0.2) is 4.98 Å². The van der Waals surface area contributed by atoms with Crippen LogP contribution in [0.1, 0.15) is 42.7 Å². The first kappa shape index (κ1) is 22.0. The van der Waals surface area contributed by atoms with Crippen molar-refractivity contribution in [2.24, 2.45) is 5.92 Å². The van der Waals surface area contributed by atoms with Crippen LogP contribution in [0.5, 0.6) is 0 Å². The Kier molecular flexibility index (Phi) is 7.27. The van der Waals surface area contributed by atoms with Gasteiger partial charge in [0.2, 0.25) is 0 Å². The van der Waals surface area contributed by atoms with E-state index in [1.54, 1.807) is 12.0 Å². The standard InChI is InChI=1S/C22H31N5O3/c1-15(2)13-19-17-6-4-5-16(17)18(14-23)20(25-19)26-8-10-27(11-9-26)22(29)21(28)24-7-12-30-3/h15H,4-13H2,1-3H3,(H,24,28). The molecular weight excluding hydrogens is 382 g/mol. The molecule has 0 spiro atoms. The lowest BCUT2D eigenvalue weighted by Crippen LogP contribution is -2.53. The third-order valence-electron chi connectivity index (χ3n) is 5.70. The zero-order chi connectivity index (χ0) is 21.7. The average Bonchev–Trinajstić information content (AvgIpc) is 3.23. The molecule has 2 aliphatic rings. The summed E-state index contributed by atoms with van der Waals surface area (Å²) in [5.41, 5.74) is 4.23. The maximum absolute atomic E-state index is 12.4. The maximum atomic E-state index is 12.4. The third kappa shape index (κ3) is 4.73. The highest BCUT2D eigenvalue weighted by molar-refractivity contribution is 6.35. The first-order valence-electron chi connectivity index (χ1n) is 10.7. The molecule has 8 heteroatoms. The number of rotatable bonds is 6. The molecule has 0 atom stereocenters.